The lowest BCUT2D eigenvalue weighted by Gasteiger charge is -1.98. The first-order chi connectivity index (χ1) is 4.72. The molecule has 0 fully saturated rings. The fourth-order valence-electron chi connectivity index (χ4n) is 0.312. The van der Waals surface area contributed by atoms with Gasteiger partial charge in [0.05, 0.1) is 4.36 Å². The van der Waals surface area contributed by atoms with E-state index in [9.17, 15) is 0 Å². The number of thiol groups is 1. The van der Waals surface area contributed by atoms with Crippen molar-refractivity contribution in [2.45, 2.75) is 0 Å². The van der Waals surface area contributed by atoms with E-state index in [1.807, 2.05) is 0 Å². The number of allylic oxidation sites excluding steroid dienone is 1. The van der Waals surface area contributed by atoms with Gasteiger partial charge in [0.25, 0.3) is 0 Å². The monoisotopic (exact) mass is 215 g/mol. The standard InChI is InChI=1S/C5H7Cl2NS2/c1-8-10-4(2-3-6)5(7)9/h2-3,8-9H,1H3/b3-2+,5-4+. The first-order valence-corrected chi connectivity index (χ1v) is 4.49. The largest absolute Gasteiger partial charge is 0.263 e. The summed E-state index contributed by atoms with van der Waals surface area (Å²) >= 11 is 16.2. The summed E-state index contributed by atoms with van der Waals surface area (Å²) in [7, 11) is 1.79. The first-order valence-electron chi connectivity index (χ1n) is 2.41. The fourth-order valence-corrected chi connectivity index (χ4v) is 1.34. The van der Waals surface area contributed by atoms with Crippen LogP contribution in [0.3, 0.4) is 0 Å². The van der Waals surface area contributed by atoms with Crippen molar-refractivity contribution in [2.75, 3.05) is 7.05 Å². The summed E-state index contributed by atoms with van der Waals surface area (Å²) in [6.45, 7) is 0. The Morgan fingerprint density at radius 2 is 2.30 bits per heavy atom. The van der Waals surface area contributed by atoms with E-state index >= 15 is 0 Å². The molecule has 0 heterocycles. The second kappa shape index (κ2) is 6.43. The Bertz CT molecular complexity index is 152. The van der Waals surface area contributed by atoms with Crippen LogP contribution >= 0.6 is 47.8 Å². The van der Waals surface area contributed by atoms with Crippen LogP contribution in [0.5, 0.6) is 0 Å². The lowest BCUT2D eigenvalue weighted by atomic mass is 10.6. The molecule has 0 unspecified atom stereocenters. The molecule has 5 heteroatoms. The Hall–Kier alpha value is 0.720. The molecule has 0 radical (unpaired) electrons. The quantitative estimate of drug-likeness (QED) is 0.427. The van der Waals surface area contributed by atoms with Crippen LogP contribution in [-0.4, -0.2) is 7.05 Å². The summed E-state index contributed by atoms with van der Waals surface area (Å²) in [5.74, 6) is 0. The minimum Gasteiger partial charge on any atom is -0.263 e. The van der Waals surface area contributed by atoms with Crippen molar-refractivity contribution in [3.8, 4) is 0 Å². The summed E-state index contributed by atoms with van der Waals surface area (Å²) < 4.78 is 3.28. The van der Waals surface area contributed by atoms with Gasteiger partial charge < -0.3 is 0 Å². The van der Waals surface area contributed by atoms with Gasteiger partial charge in [-0.15, -0.1) is 12.6 Å². The van der Waals surface area contributed by atoms with Gasteiger partial charge in [0, 0.05) is 10.4 Å². The van der Waals surface area contributed by atoms with Crippen LogP contribution in [0.4, 0.5) is 0 Å². The smallest absolute Gasteiger partial charge is 0.0853 e. The summed E-state index contributed by atoms with van der Waals surface area (Å²) in [6.07, 6.45) is 1.66. The Balaban J connectivity index is 4.13. The molecule has 10 heavy (non-hydrogen) atoms. The van der Waals surface area contributed by atoms with E-state index in [-0.39, 0.29) is 0 Å². The average Bonchev–Trinajstić information content (AvgIpc) is 1.87. The van der Waals surface area contributed by atoms with Gasteiger partial charge in [-0.1, -0.05) is 23.2 Å². The molecule has 0 saturated carbocycles. The number of hydrogen-bond donors (Lipinski definition) is 2. The summed E-state index contributed by atoms with van der Waals surface area (Å²) in [5.41, 5.74) is 1.39. The highest BCUT2D eigenvalue weighted by atomic mass is 35.5. The average molecular weight is 216 g/mol. The lowest BCUT2D eigenvalue weighted by molar-refractivity contribution is 1.30. The first kappa shape index (κ1) is 10.7. The Morgan fingerprint density at radius 1 is 1.70 bits per heavy atom. The van der Waals surface area contributed by atoms with Crippen molar-refractivity contribution < 1.29 is 0 Å². The van der Waals surface area contributed by atoms with E-state index < -0.39 is 0 Å². The summed E-state index contributed by atoms with van der Waals surface area (Å²) in [4.78, 5) is 0.794. The van der Waals surface area contributed by atoms with Crippen molar-refractivity contribution in [3.63, 3.8) is 0 Å². The molecule has 0 saturated heterocycles. The molecule has 0 aliphatic heterocycles. The van der Waals surface area contributed by atoms with Gasteiger partial charge in [-0.3, -0.25) is 4.72 Å². The molecular formula is C5H7Cl2NS2. The van der Waals surface area contributed by atoms with E-state index in [1.165, 1.54) is 17.5 Å². The molecule has 0 spiro atoms. The minimum atomic E-state index is 0.427. The maximum absolute atomic E-state index is 5.57. The van der Waals surface area contributed by atoms with Gasteiger partial charge in [-0.2, -0.15) is 0 Å². The SMILES string of the molecule is CNSC(/C=C/Cl)=C(/S)Cl. The molecule has 0 aromatic heterocycles. The highest BCUT2D eigenvalue weighted by Gasteiger charge is 1.95. The van der Waals surface area contributed by atoms with Crippen molar-refractivity contribution in [3.05, 3.63) is 20.9 Å². The zero-order valence-corrected chi connectivity index (χ0v) is 8.49. The van der Waals surface area contributed by atoms with Crippen molar-refractivity contribution in [1.82, 2.24) is 4.72 Å². The fraction of sp³-hybridized carbons (Fsp3) is 0.200. The van der Waals surface area contributed by atoms with Gasteiger partial charge >= 0.3 is 0 Å². The molecule has 0 amide bonds. The predicted molar refractivity (Wildman–Crippen MR) is 53.5 cm³/mol. The molecule has 58 valence electrons. The van der Waals surface area contributed by atoms with E-state index in [2.05, 4.69) is 17.4 Å². The predicted octanol–water partition coefficient (Wildman–Crippen LogP) is 2.94. The molecule has 0 atom stereocenters. The minimum absolute atomic E-state index is 0.427. The molecule has 0 bridgehead atoms. The third kappa shape index (κ3) is 4.52. The van der Waals surface area contributed by atoms with Gasteiger partial charge in [0.2, 0.25) is 0 Å². The Morgan fingerprint density at radius 3 is 2.60 bits per heavy atom. The highest BCUT2D eigenvalue weighted by Crippen LogP contribution is 2.23. The van der Waals surface area contributed by atoms with E-state index in [4.69, 9.17) is 23.2 Å². The topological polar surface area (TPSA) is 12.0 Å². The second-order valence-corrected chi connectivity index (χ2v) is 3.65. The summed E-state index contributed by atoms with van der Waals surface area (Å²) in [5, 5.41) is 0. The molecule has 0 aliphatic rings. The number of nitrogens with one attached hydrogen (secondary N) is 1. The van der Waals surface area contributed by atoms with Gasteiger partial charge in [0.15, 0.2) is 0 Å². The molecule has 1 nitrogen and oxygen atoms in total. The number of halogens is 2. The van der Waals surface area contributed by atoms with Crippen molar-refractivity contribution in [2.24, 2.45) is 0 Å². The third-order valence-electron chi connectivity index (χ3n) is 0.630. The third-order valence-corrected chi connectivity index (χ3v) is 2.23. The lowest BCUT2D eigenvalue weighted by Crippen LogP contribution is -1.90. The van der Waals surface area contributed by atoms with Crippen LogP contribution < -0.4 is 4.72 Å². The maximum Gasteiger partial charge on any atom is 0.0853 e. The molecule has 0 rings (SSSR count). The normalized spacial score (nSPS) is 14.0. The van der Waals surface area contributed by atoms with E-state index in [0.717, 1.165) is 4.91 Å². The highest BCUT2D eigenvalue weighted by molar-refractivity contribution is 8.02. The Labute approximate surface area is 80.4 Å². The summed E-state index contributed by atoms with van der Waals surface area (Å²) in [6, 6.07) is 0. The van der Waals surface area contributed by atoms with Crippen LogP contribution in [0.15, 0.2) is 20.9 Å². The van der Waals surface area contributed by atoms with Gasteiger partial charge in [-0.25, -0.2) is 0 Å². The van der Waals surface area contributed by atoms with E-state index in [0.29, 0.717) is 4.36 Å². The van der Waals surface area contributed by atoms with Gasteiger partial charge in [0.1, 0.15) is 0 Å². The molecule has 0 aromatic rings. The zero-order chi connectivity index (χ0) is 7.98. The zero-order valence-electron chi connectivity index (χ0n) is 5.27. The van der Waals surface area contributed by atoms with Gasteiger partial charge in [-0.05, 0) is 25.1 Å². The van der Waals surface area contributed by atoms with Crippen LogP contribution in [0.2, 0.25) is 0 Å². The molecule has 0 aliphatic carbocycles. The molecule has 0 aromatic carbocycles. The van der Waals surface area contributed by atoms with Crippen LogP contribution in [-0.2, 0) is 0 Å². The molecular weight excluding hydrogens is 209 g/mol. The van der Waals surface area contributed by atoms with Crippen LogP contribution in [0.1, 0.15) is 0 Å². The number of hydrogen-bond acceptors (Lipinski definition) is 3. The second-order valence-electron chi connectivity index (χ2n) is 1.25. The van der Waals surface area contributed by atoms with Crippen LogP contribution in [0.25, 0.3) is 0 Å². The number of rotatable bonds is 3. The van der Waals surface area contributed by atoms with Crippen molar-refractivity contribution >= 4 is 47.8 Å². The van der Waals surface area contributed by atoms with E-state index in [1.54, 1.807) is 13.1 Å². The maximum atomic E-state index is 5.57. The Kier molecular flexibility index (Phi) is 6.89. The van der Waals surface area contributed by atoms with Crippen molar-refractivity contribution in [1.29, 1.82) is 0 Å². The van der Waals surface area contributed by atoms with Crippen LogP contribution in [0, 0.1) is 0 Å². The molecule has 1 N–H and O–H groups in total.